The highest BCUT2D eigenvalue weighted by Crippen LogP contribution is 2.15. The van der Waals surface area contributed by atoms with E-state index in [9.17, 15) is 4.79 Å². The van der Waals surface area contributed by atoms with E-state index in [1.54, 1.807) is 0 Å². The summed E-state index contributed by atoms with van der Waals surface area (Å²) in [5.74, 6) is 1.01. The zero-order valence-corrected chi connectivity index (χ0v) is 12.8. The highest BCUT2D eigenvalue weighted by molar-refractivity contribution is 5.80. The van der Waals surface area contributed by atoms with Gasteiger partial charge in [-0.05, 0) is 44.0 Å². The van der Waals surface area contributed by atoms with Crippen molar-refractivity contribution in [2.45, 2.75) is 33.6 Å². The molecule has 112 valence electrons. The first-order valence-electron chi connectivity index (χ1n) is 7.45. The molecule has 1 aromatic rings. The van der Waals surface area contributed by atoms with Gasteiger partial charge in [-0.2, -0.15) is 0 Å². The molecule has 0 aliphatic rings. The monoisotopic (exact) mass is 278 g/mol. The Hall–Kier alpha value is -1.71. The molecule has 0 unspecified atom stereocenters. The number of benzene rings is 1. The molecule has 0 heterocycles. The molecule has 4 heteroatoms. The van der Waals surface area contributed by atoms with Gasteiger partial charge < -0.3 is 15.0 Å². The van der Waals surface area contributed by atoms with E-state index in [1.165, 1.54) is 0 Å². The van der Waals surface area contributed by atoms with Gasteiger partial charge in [-0.25, -0.2) is 0 Å². The number of hydrogen-bond donors (Lipinski definition) is 1. The molecule has 1 amide bonds. The van der Waals surface area contributed by atoms with Gasteiger partial charge in [0.25, 0.3) is 0 Å². The van der Waals surface area contributed by atoms with E-state index in [-0.39, 0.29) is 5.91 Å². The van der Waals surface area contributed by atoms with Gasteiger partial charge in [0.1, 0.15) is 5.75 Å². The number of anilines is 1. The third-order valence-corrected chi connectivity index (χ3v) is 2.95. The highest BCUT2D eigenvalue weighted by Gasteiger charge is 2.10. The number of nitrogens with one attached hydrogen (secondary N) is 1. The highest BCUT2D eigenvalue weighted by atomic mass is 16.5. The number of carbonyl (C=O) groups excluding carboxylic acids is 1. The summed E-state index contributed by atoms with van der Waals surface area (Å²) >= 11 is 0. The van der Waals surface area contributed by atoms with Gasteiger partial charge in [0, 0.05) is 18.8 Å². The minimum atomic E-state index is 0.155. The number of nitrogens with zero attached hydrogens (tertiary/aromatic N) is 1. The molecular weight excluding hydrogens is 252 g/mol. The Morgan fingerprint density at radius 3 is 2.20 bits per heavy atom. The minimum absolute atomic E-state index is 0.155. The number of hydrogen-bond acceptors (Lipinski definition) is 3. The molecule has 0 saturated carbocycles. The lowest BCUT2D eigenvalue weighted by molar-refractivity contribution is -0.129. The van der Waals surface area contributed by atoms with Crippen molar-refractivity contribution in [3.8, 4) is 5.75 Å². The minimum Gasteiger partial charge on any atom is -0.494 e. The van der Waals surface area contributed by atoms with Crippen LogP contribution in [-0.2, 0) is 4.79 Å². The molecule has 0 fully saturated rings. The van der Waals surface area contributed by atoms with Crippen molar-refractivity contribution in [2.24, 2.45) is 0 Å². The van der Waals surface area contributed by atoms with Crippen LogP contribution in [0.3, 0.4) is 0 Å². The van der Waals surface area contributed by atoms with Gasteiger partial charge in [-0.3, -0.25) is 4.79 Å². The Kier molecular flexibility index (Phi) is 7.55. The van der Waals surface area contributed by atoms with Crippen LogP contribution in [0.25, 0.3) is 0 Å². The summed E-state index contributed by atoms with van der Waals surface area (Å²) in [5.41, 5.74) is 0.940. The maximum atomic E-state index is 12.1. The van der Waals surface area contributed by atoms with E-state index >= 15 is 0 Å². The first-order chi connectivity index (χ1) is 9.71. The van der Waals surface area contributed by atoms with E-state index in [4.69, 9.17) is 4.74 Å². The van der Waals surface area contributed by atoms with Crippen molar-refractivity contribution < 1.29 is 9.53 Å². The van der Waals surface area contributed by atoms with Crippen LogP contribution in [0.4, 0.5) is 5.69 Å². The Balaban J connectivity index is 2.46. The van der Waals surface area contributed by atoms with Gasteiger partial charge in [0.15, 0.2) is 0 Å². The molecule has 1 rings (SSSR count). The second-order valence-corrected chi connectivity index (χ2v) is 4.69. The van der Waals surface area contributed by atoms with Crippen LogP contribution < -0.4 is 10.1 Å². The van der Waals surface area contributed by atoms with Crippen molar-refractivity contribution in [3.63, 3.8) is 0 Å². The van der Waals surface area contributed by atoms with Crippen LogP contribution in [0.5, 0.6) is 5.75 Å². The van der Waals surface area contributed by atoms with Crippen LogP contribution in [0.1, 0.15) is 33.6 Å². The molecule has 0 aliphatic heterocycles. The van der Waals surface area contributed by atoms with Crippen molar-refractivity contribution in [3.05, 3.63) is 24.3 Å². The number of amides is 1. The fourth-order valence-electron chi connectivity index (χ4n) is 2.03. The first-order valence-corrected chi connectivity index (χ1v) is 7.45. The van der Waals surface area contributed by atoms with Gasteiger partial charge in [0.2, 0.25) is 5.91 Å². The zero-order chi connectivity index (χ0) is 14.8. The predicted molar refractivity (Wildman–Crippen MR) is 83.3 cm³/mol. The Labute approximate surface area is 122 Å². The van der Waals surface area contributed by atoms with E-state index < -0.39 is 0 Å². The third-order valence-electron chi connectivity index (χ3n) is 2.95. The Morgan fingerprint density at radius 1 is 1.10 bits per heavy atom. The Bertz CT molecular complexity index is 384. The summed E-state index contributed by atoms with van der Waals surface area (Å²) in [4.78, 5) is 14.0. The van der Waals surface area contributed by atoms with E-state index in [1.807, 2.05) is 36.1 Å². The fraction of sp³-hybridized carbons (Fsp3) is 0.562. The average molecular weight is 278 g/mol. The second kappa shape index (κ2) is 9.23. The second-order valence-electron chi connectivity index (χ2n) is 4.69. The van der Waals surface area contributed by atoms with Gasteiger partial charge in [0.05, 0.1) is 13.2 Å². The fourth-order valence-corrected chi connectivity index (χ4v) is 2.03. The summed E-state index contributed by atoms with van der Waals surface area (Å²) in [6, 6.07) is 7.68. The van der Waals surface area contributed by atoms with Crippen LogP contribution in [0.15, 0.2) is 24.3 Å². The van der Waals surface area contributed by atoms with Crippen molar-refractivity contribution >= 4 is 11.6 Å². The quantitative estimate of drug-likeness (QED) is 0.754. The van der Waals surface area contributed by atoms with Crippen molar-refractivity contribution in [1.29, 1.82) is 0 Å². The molecule has 0 saturated heterocycles. The van der Waals surface area contributed by atoms with Crippen molar-refractivity contribution in [1.82, 2.24) is 4.90 Å². The van der Waals surface area contributed by atoms with Crippen molar-refractivity contribution in [2.75, 3.05) is 31.6 Å². The number of ether oxygens (including phenoxy) is 1. The van der Waals surface area contributed by atoms with E-state index in [0.717, 1.165) is 37.4 Å². The lowest BCUT2D eigenvalue weighted by Crippen LogP contribution is -2.36. The molecule has 0 aromatic heterocycles. The summed E-state index contributed by atoms with van der Waals surface area (Å²) in [5, 5.41) is 3.16. The average Bonchev–Trinajstić information content (AvgIpc) is 2.46. The van der Waals surface area contributed by atoms with Gasteiger partial charge in [-0.1, -0.05) is 13.8 Å². The van der Waals surface area contributed by atoms with Crippen LogP contribution in [0.2, 0.25) is 0 Å². The topological polar surface area (TPSA) is 41.6 Å². The van der Waals surface area contributed by atoms with E-state index in [2.05, 4.69) is 19.2 Å². The Morgan fingerprint density at radius 2 is 1.70 bits per heavy atom. The smallest absolute Gasteiger partial charge is 0.241 e. The molecule has 0 spiro atoms. The zero-order valence-electron chi connectivity index (χ0n) is 12.8. The maximum absolute atomic E-state index is 12.1. The standard InChI is InChI=1S/C16H26N2O2/c1-4-11-18(12-5-2)16(19)13-17-14-7-9-15(10-8-14)20-6-3/h7-10,17H,4-6,11-13H2,1-3H3. The molecule has 4 nitrogen and oxygen atoms in total. The normalized spacial score (nSPS) is 10.2. The molecular formula is C16H26N2O2. The van der Waals surface area contributed by atoms with Gasteiger partial charge in [-0.15, -0.1) is 0 Å². The molecule has 0 aliphatic carbocycles. The molecule has 1 N–H and O–H groups in total. The SMILES string of the molecule is CCCN(CCC)C(=O)CNc1ccc(OCC)cc1. The predicted octanol–water partition coefficient (Wildman–Crippen LogP) is 3.15. The summed E-state index contributed by atoms with van der Waals surface area (Å²) in [7, 11) is 0. The first kappa shape index (κ1) is 16.3. The molecule has 0 atom stereocenters. The largest absolute Gasteiger partial charge is 0.494 e. The van der Waals surface area contributed by atoms with Crippen LogP contribution in [-0.4, -0.2) is 37.0 Å². The van der Waals surface area contributed by atoms with Crippen LogP contribution in [0, 0.1) is 0 Å². The number of carbonyl (C=O) groups is 1. The molecule has 1 aromatic carbocycles. The maximum Gasteiger partial charge on any atom is 0.241 e. The lowest BCUT2D eigenvalue weighted by atomic mass is 10.3. The number of rotatable bonds is 9. The molecule has 20 heavy (non-hydrogen) atoms. The molecule has 0 bridgehead atoms. The summed E-state index contributed by atoms with van der Waals surface area (Å²) < 4.78 is 5.39. The van der Waals surface area contributed by atoms with Gasteiger partial charge >= 0.3 is 0 Å². The van der Waals surface area contributed by atoms with Crippen LogP contribution >= 0.6 is 0 Å². The molecule has 0 radical (unpaired) electrons. The summed E-state index contributed by atoms with van der Waals surface area (Å²) in [6.07, 6.45) is 1.99. The lowest BCUT2D eigenvalue weighted by Gasteiger charge is -2.21. The van der Waals surface area contributed by atoms with E-state index in [0.29, 0.717) is 13.2 Å². The summed E-state index contributed by atoms with van der Waals surface area (Å²) in [6.45, 7) is 8.81. The third kappa shape index (κ3) is 5.51.